The Hall–Kier alpha value is -3.00. The molecule has 0 radical (unpaired) electrons. The van der Waals surface area contributed by atoms with Crippen LogP contribution >= 0.6 is 0 Å². The molecule has 2 saturated carbocycles. The maximum Gasteiger partial charge on any atom is 0.320 e. The topological polar surface area (TPSA) is 87.7 Å². The van der Waals surface area contributed by atoms with Crippen LogP contribution in [0.4, 0.5) is 11.5 Å². The maximum absolute atomic E-state index is 13.0. The molecule has 2 fully saturated rings. The van der Waals surface area contributed by atoms with Gasteiger partial charge >= 0.3 is 5.97 Å². The smallest absolute Gasteiger partial charge is 0.320 e. The van der Waals surface area contributed by atoms with E-state index in [0.717, 1.165) is 23.8 Å². The molecule has 2 aromatic rings. The molecule has 1 aromatic heterocycles. The molecule has 1 aromatic carbocycles. The van der Waals surface area contributed by atoms with Gasteiger partial charge < -0.3 is 15.0 Å². The second-order valence-electron chi connectivity index (χ2n) is 12.2. The summed E-state index contributed by atoms with van der Waals surface area (Å²) in [6, 6.07) is 10.0. The molecule has 8 nitrogen and oxygen atoms in total. The highest BCUT2D eigenvalue weighted by molar-refractivity contribution is 6.03. The van der Waals surface area contributed by atoms with Gasteiger partial charge in [-0.1, -0.05) is 52.2 Å². The van der Waals surface area contributed by atoms with Crippen molar-refractivity contribution in [3.63, 3.8) is 0 Å². The van der Waals surface area contributed by atoms with Crippen molar-refractivity contribution in [3.8, 4) is 0 Å². The fourth-order valence-electron chi connectivity index (χ4n) is 4.85. The fraction of sp³-hybridized carbons (Fsp3) is 0.600. The lowest BCUT2D eigenvalue weighted by atomic mass is 9.94. The van der Waals surface area contributed by atoms with Gasteiger partial charge in [0.1, 0.15) is 17.8 Å². The minimum atomic E-state index is -0.241. The van der Waals surface area contributed by atoms with Crippen LogP contribution in [0.1, 0.15) is 81.8 Å². The standard InChI is InChI=1S/C30H43N5O3/c1-30(2,3)20-38-28(36)19-34(4)17-22-12-14-24(15-13-22)33-29(37)26-16-27(32-21-31-26)35(18-23-10-11-23)25-8-6-5-7-9-25/h12-16,21,23,25H,5-11,17-20H2,1-4H3,(H,33,37). The molecule has 8 heteroatoms. The average molecular weight is 522 g/mol. The van der Waals surface area contributed by atoms with E-state index < -0.39 is 0 Å². The Labute approximate surface area is 227 Å². The van der Waals surface area contributed by atoms with Crippen LogP contribution in [0.3, 0.4) is 0 Å². The second-order valence-corrected chi connectivity index (χ2v) is 12.2. The van der Waals surface area contributed by atoms with E-state index in [1.807, 2.05) is 63.1 Å². The van der Waals surface area contributed by atoms with Crippen molar-refractivity contribution in [1.29, 1.82) is 0 Å². The number of hydrogen-bond donors (Lipinski definition) is 1. The number of likely N-dealkylation sites (N-methyl/N-ethyl adjacent to an activating group) is 1. The number of nitrogens with one attached hydrogen (secondary N) is 1. The van der Waals surface area contributed by atoms with Gasteiger partial charge in [0.15, 0.2) is 0 Å². The number of carbonyl (C=O) groups is 2. The van der Waals surface area contributed by atoms with E-state index in [1.165, 1.54) is 51.3 Å². The van der Waals surface area contributed by atoms with E-state index in [4.69, 9.17) is 4.74 Å². The Kier molecular flexibility index (Phi) is 9.36. The molecule has 1 N–H and O–H groups in total. The van der Waals surface area contributed by atoms with Crippen molar-refractivity contribution in [2.24, 2.45) is 11.3 Å². The third-order valence-corrected chi connectivity index (χ3v) is 7.08. The minimum Gasteiger partial charge on any atom is -0.464 e. The first-order valence-corrected chi connectivity index (χ1v) is 14.0. The molecule has 0 bridgehead atoms. The number of aromatic nitrogens is 2. The monoisotopic (exact) mass is 521 g/mol. The number of anilines is 2. The molecule has 0 aliphatic heterocycles. The molecule has 38 heavy (non-hydrogen) atoms. The van der Waals surface area contributed by atoms with E-state index >= 15 is 0 Å². The van der Waals surface area contributed by atoms with Gasteiger partial charge in [-0.2, -0.15) is 0 Å². The van der Waals surface area contributed by atoms with Gasteiger partial charge in [-0.15, -0.1) is 0 Å². The highest BCUT2D eigenvalue weighted by Gasteiger charge is 2.30. The molecular formula is C30H43N5O3. The van der Waals surface area contributed by atoms with Gasteiger partial charge in [-0.3, -0.25) is 14.5 Å². The summed E-state index contributed by atoms with van der Waals surface area (Å²) in [5.74, 6) is 1.14. The zero-order chi connectivity index (χ0) is 27.1. The first-order chi connectivity index (χ1) is 18.2. The maximum atomic E-state index is 13.0. The van der Waals surface area contributed by atoms with Crippen molar-refractivity contribution >= 4 is 23.4 Å². The summed E-state index contributed by atoms with van der Waals surface area (Å²) in [6.07, 6.45) is 10.3. The van der Waals surface area contributed by atoms with Gasteiger partial charge in [0, 0.05) is 30.9 Å². The minimum absolute atomic E-state index is 0.0484. The fourth-order valence-corrected chi connectivity index (χ4v) is 4.85. The Bertz CT molecular complexity index is 1070. The Morgan fingerprint density at radius 3 is 2.39 bits per heavy atom. The van der Waals surface area contributed by atoms with Crippen LogP contribution in [-0.2, 0) is 16.1 Å². The summed E-state index contributed by atoms with van der Waals surface area (Å²) in [5.41, 5.74) is 2.08. The Morgan fingerprint density at radius 2 is 1.74 bits per heavy atom. The summed E-state index contributed by atoms with van der Waals surface area (Å²) in [6.45, 7) is 8.36. The van der Waals surface area contributed by atoms with Crippen LogP contribution in [0.25, 0.3) is 0 Å². The molecule has 1 amide bonds. The lowest BCUT2D eigenvalue weighted by molar-refractivity contribution is -0.147. The molecule has 0 unspecified atom stereocenters. The number of rotatable bonds is 11. The zero-order valence-electron chi connectivity index (χ0n) is 23.4. The lowest BCUT2D eigenvalue weighted by Gasteiger charge is -2.35. The number of amides is 1. The largest absolute Gasteiger partial charge is 0.464 e. The second kappa shape index (κ2) is 12.7. The number of esters is 1. The number of nitrogens with zero attached hydrogens (tertiary/aromatic N) is 4. The number of ether oxygens (including phenoxy) is 1. The molecule has 0 spiro atoms. The third-order valence-electron chi connectivity index (χ3n) is 7.08. The first-order valence-electron chi connectivity index (χ1n) is 14.0. The lowest BCUT2D eigenvalue weighted by Crippen LogP contribution is -2.39. The van der Waals surface area contributed by atoms with Gasteiger partial charge in [0.2, 0.25) is 0 Å². The van der Waals surface area contributed by atoms with E-state index in [-0.39, 0.29) is 23.8 Å². The van der Waals surface area contributed by atoms with Gasteiger partial charge in [0.05, 0.1) is 13.2 Å². The van der Waals surface area contributed by atoms with E-state index in [2.05, 4.69) is 20.2 Å². The predicted molar refractivity (Wildman–Crippen MR) is 150 cm³/mol. The van der Waals surface area contributed by atoms with E-state index in [0.29, 0.717) is 30.6 Å². The van der Waals surface area contributed by atoms with E-state index in [1.54, 1.807) is 0 Å². The first kappa shape index (κ1) is 28.0. The van der Waals surface area contributed by atoms with Crippen molar-refractivity contribution in [2.45, 2.75) is 78.3 Å². The zero-order valence-corrected chi connectivity index (χ0v) is 23.4. The summed E-state index contributed by atoms with van der Waals surface area (Å²) in [4.78, 5) is 38.3. The number of benzene rings is 1. The van der Waals surface area contributed by atoms with Crippen molar-refractivity contribution in [1.82, 2.24) is 14.9 Å². The third kappa shape index (κ3) is 8.79. The molecule has 1 heterocycles. The van der Waals surface area contributed by atoms with Crippen LogP contribution in [-0.4, -0.2) is 59.5 Å². The van der Waals surface area contributed by atoms with Crippen LogP contribution < -0.4 is 10.2 Å². The Balaban J connectivity index is 1.32. The van der Waals surface area contributed by atoms with Crippen LogP contribution in [0.5, 0.6) is 0 Å². The molecule has 0 atom stereocenters. The number of carbonyl (C=O) groups excluding carboxylic acids is 2. The predicted octanol–water partition coefficient (Wildman–Crippen LogP) is 5.30. The molecule has 0 saturated heterocycles. The van der Waals surface area contributed by atoms with Crippen LogP contribution in [0, 0.1) is 11.3 Å². The molecule has 4 rings (SSSR count). The molecule has 2 aliphatic carbocycles. The highest BCUT2D eigenvalue weighted by Crippen LogP contribution is 2.34. The van der Waals surface area contributed by atoms with Gasteiger partial charge in [0.25, 0.3) is 5.91 Å². The Morgan fingerprint density at radius 1 is 1.03 bits per heavy atom. The van der Waals surface area contributed by atoms with Crippen LogP contribution in [0.15, 0.2) is 36.7 Å². The average Bonchev–Trinajstić information content (AvgIpc) is 3.72. The summed E-state index contributed by atoms with van der Waals surface area (Å²) in [5, 5.41) is 2.97. The normalized spacial score (nSPS) is 16.3. The molecule has 206 valence electrons. The van der Waals surface area contributed by atoms with Crippen molar-refractivity contribution in [3.05, 3.63) is 47.9 Å². The van der Waals surface area contributed by atoms with E-state index in [9.17, 15) is 9.59 Å². The summed E-state index contributed by atoms with van der Waals surface area (Å²) in [7, 11) is 1.89. The van der Waals surface area contributed by atoms with Crippen molar-refractivity contribution < 1.29 is 14.3 Å². The molecule has 2 aliphatic rings. The SMILES string of the molecule is CN(CC(=O)OCC(C)(C)C)Cc1ccc(NC(=O)c2cc(N(CC3CC3)C3CCCCC3)ncn2)cc1. The van der Waals surface area contributed by atoms with Gasteiger partial charge in [-0.05, 0) is 61.8 Å². The summed E-state index contributed by atoms with van der Waals surface area (Å²) >= 11 is 0. The quantitative estimate of drug-likeness (QED) is 0.402. The van der Waals surface area contributed by atoms with Crippen molar-refractivity contribution in [2.75, 3.05) is 37.0 Å². The van der Waals surface area contributed by atoms with Crippen LogP contribution in [0.2, 0.25) is 0 Å². The van der Waals surface area contributed by atoms with Gasteiger partial charge in [-0.25, -0.2) is 9.97 Å². The number of hydrogen-bond acceptors (Lipinski definition) is 7. The molecular weight excluding hydrogens is 478 g/mol. The summed E-state index contributed by atoms with van der Waals surface area (Å²) < 4.78 is 5.36. The highest BCUT2D eigenvalue weighted by atomic mass is 16.5.